The minimum atomic E-state index is 0.395. The third kappa shape index (κ3) is 2.09. The molecule has 3 nitrogen and oxygen atoms in total. The first-order chi connectivity index (χ1) is 8.30. The fourth-order valence-corrected chi connectivity index (χ4v) is 2.82. The Morgan fingerprint density at radius 3 is 2.44 bits per heavy atom. The summed E-state index contributed by atoms with van der Waals surface area (Å²) in [5, 5.41) is 8.28. The van der Waals surface area contributed by atoms with Crippen LogP contribution in [-0.2, 0) is 6.54 Å². The predicted molar refractivity (Wildman–Crippen MR) is 75.4 cm³/mol. The van der Waals surface area contributed by atoms with Crippen LogP contribution < -0.4 is 5.32 Å². The largest absolute Gasteiger partial charge is 0.307 e. The molecule has 0 saturated heterocycles. The van der Waals surface area contributed by atoms with Crippen molar-refractivity contribution >= 4 is 0 Å². The van der Waals surface area contributed by atoms with Gasteiger partial charge in [0, 0.05) is 24.8 Å². The zero-order valence-electron chi connectivity index (χ0n) is 12.6. The number of nitrogens with one attached hydrogen (secondary N) is 1. The monoisotopic (exact) mass is 249 g/mol. The molecule has 0 radical (unpaired) electrons. The summed E-state index contributed by atoms with van der Waals surface area (Å²) >= 11 is 0. The molecule has 1 fully saturated rings. The van der Waals surface area contributed by atoms with E-state index in [0.717, 1.165) is 18.7 Å². The van der Waals surface area contributed by atoms with Gasteiger partial charge in [0.25, 0.3) is 0 Å². The third-order valence-corrected chi connectivity index (χ3v) is 5.21. The van der Waals surface area contributed by atoms with Crippen LogP contribution in [0.4, 0.5) is 0 Å². The van der Waals surface area contributed by atoms with Crippen molar-refractivity contribution in [2.24, 2.45) is 10.8 Å². The molecule has 0 aliphatic heterocycles. The molecule has 3 heteroatoms. The maximum Gasteiger partial charge on any atom is 0.0762 e. The van der Waals surface area contributed by atoms with Crippen molar-refractivity contribution in [2.75, 3.05) is 0 Å². The van der Waals surface area contributed by atoms with Gasteiger partial charge >= 0.3 is 0 Å². The molecule has 1 saturated carbocycles. The lowest BCUT2D eigenvalue weighted by atomic mass is 10.0. The van der Waals surface area contributed by atoms with Gasteiger partial charge in [-0.1, -0.05) is 34.6 Å². The molecule has 18 heavy (non-hydrogen) atoms. The highest BCUT2D eigenvalue weighted by atomic mass is 15.3. The summed E-state index contributed by atoms with van der Waals surface area (Å²) in [6.07, 6.45) is 3.21. The van der Waals surface area contributed by atoms with Gasteiger partial charge in [-0.3, -0.25) is 4.68 Å². The van der Waals surface area contributed by atoms with Crippen molar-refractivity contribution in [3.63, 3.8) is 0 Å². The third-order valence-electron chi connectivity index (χ3n) is 5.21. The lowest BCUT2D eigenvalue weighted by Gasteiger charge is -2.08. The fraction of sp³-hybridized carbons (Fsp3) is 0.800. The van der Waals surface area contributed by atoms with Crippen molar-refractivity contribution in [3.8, 4) is 0 Å². The Hall–Kier alpha value is -0.830. The molecule has 0 aromatic carbocycles. The average Bonchev–Trinajstić information content (AvgIpc) is 2.70. The van der Waals surface area contributed by atoms with E-state index in [9.17, 15) is 0 Å². The summed E-state index contributed by atoms with van der Waals surface area (Å²) in [5.74, 6) is 0. The van der Waals surface area contributed by atoms with Crippen molar-refractivity contribution in [1.29, 1.82) is 0 Å². The molecule has 1 N–H and O–H groups in total. The highest BCUT2D eigenvalue weighted by Crippen LogP contribution is 2.62. The van der Waals surface area contributed by atoms with Crippen LogP contribution in [-0.4, -0.2) is 15.8 Å². The first-order valence-corrected chi connectivity index (χ1v) is 7.08. The van der Waals surface area contributed by atoms with Crippen molar-refractivity contribution in [2.45, 2.75) is 66.6 Å². The molecule has 1 aliphatic carbocycles. The van der Waals surface area contributed by atoms with E-state index in [1.165, 1.54) is 0 Å². The van der Waals surface area contributed by atoms with Crippen LogP contribution >= 0.6 is 0 Å². The number of rotatable bonds is 5. The van der Waals surface area contributed by atoms with Crippen LogP contribution in [0.15, 0.2) is 12.3 Å². The maximum atomic E-state index is 4.63. The van der Waals surface area contributed by atoms with Crippen LogP contribution in [0.1, 0.15) is 59.7 Å². The molecule has 0 amide bonds. The van der Waals surface area contributed by atoms with E-state index in [1.807, 2.05) is 0 Å². The van der Waals surface area contributed by atoms with Gasteiger partial charge in [-0.05, 0) is 30.2 Å². The second-order valence-electron chi connectivity index (χ2n) is 6.80. The first kappa shape index (κ1) is 13.6. The van der Waals surface area contributed by atoms with Crippen molar-refractivity contribution in [1.82, 2.24) is 15.1 Å². The molecule has 2 rings (SSSR count). The topological polar surface area (TPSA) is 29.9 Å². The van der Waals surface area contributed by atoms with E-state index in [1.54, 1.807) is 0 Å². The first-order valence-electron chi connectivity index (χ1n) is 7.08. The van der Waals surface area contributed by atoms with Crippen LogP contribution in [0.25, 0.3) is 0 Å². The highest BCUT2D eigenvalue weighted by molar-refractivity contribution is 5.18. The molecular formula is C15H27N3. The second-order valence-corrected chi connectivity index (χ2v) is 6.80. The molecular weight excluding hydrogens is 222 g/mol. The zero-order chi connectivity index (χ0) is 13.6. The number of nitrogens with zero attached hydrogens (tertiary/aromatic N) is 2. The molecule has 0 bridgehead atoms. The van der Waals surface area contributed by atoms with E-state index in [2.05, 4.69) is 68.9 Å². The number of hydrogen-bond acceptors (Lipinski definition) is 2. The van der Waals surface area contributed by atoms with Crippen molar-refractivity contribution in [3.05, 3.63) is 18.0 Å². The van der Waals surface area contributed by atoms with E-state index in [4.69, 9.17) is 0 Å². The smallest absolute Gasteiger partial charge is 0.0762 e. The summed E-state index contributed by atoms with van der Waals surface area (Å²) in [5.41, 5.74) is 1.94. The van der Waals surface area contributed by atoms with E-state index < -0.39 is 0 Å². The molecule has 1 unspecified atom stereocenters. The Bertz CT molecular complexity index is 403. The summed E-state index contributed by atoms with van der Waals surface area (Å²) in [6.45, 7) is 14.6. The molecule has 1 atom stereocenters. The molecule has 0 spiro atoms. The van der Waals surface area contributed by atoms with Crippen LogP contribution in [0.2, 0.25) is 0 Å². The lowest BCUT2D eigenvalue weighted by Crippen LogP contribution is -2.22. The van der Waals surface area contributed by atoms with Gasteiger partial charge in [-0.15, -0.1) is 0 Å². The summed E-state index contributed by atoms with van der Waals surface area (Å²) in [6, 6.07) is 3.22. The number of hydrogen-bond donors (Lipinski definition) is 1. The summed E-state index contributed by atoms with van der Waals surface area (Å²) < 4.78 is 2.07. The van der Waals surface area contributed by atoms with Gasteiger partial charge in [0.15, 0.2) is 0 Å². The quantitative estimate of drug-likeness (QED) is 0.867. The SMILES string of the molecule is CCC(C)n1ccc(CNC2C(C)(C)C2(C)C)n1. The molecule has 1 aliphatic rings. The molecule has 1 aromatic heterocycles. The fourth-order valence-electron chi connectivity index (χ4n) is 2.82. The average molecular weight is 249 g/mol. The highest BCUT2D eigenvalue weighted by Gasteiger charge is 2.64. The minimum absolute atomic E-state index is 0.395. The Balaban J connectivity index is 1.91. The standard InChI is InChI=1S/C15H27N3/c1-7-11(2)18-9-8-12(17-18)10-16-13-14(3,4)15(13,5)6/h8-9,11,13,16H,7,10H2,1-6H3. The van der Waals surface area contributed by atoms with Gasteiger partial charge in [0.05, 0.1) is 5.69 Å². The Labute approximate surface area is 111 Å². The normalized spacial score (nSPS) is 23.0. The van der Waals surface area contributed by atoms with E-state index in [-0.39, 0.29) is 0 Å². The van der Waals surface area contributed by atoms with Crippen molar-refractivity contribution < 1.29 is 0 Å². The number of aromatic nitrogens is 2. The second kappa shape index (κ2) is 4.37. The predicted octanol–water partition coefficient (Wildman–Crippen LogP) is 3.38. The van der Waals surface area contributed by atoms with Crippen LogP contribution in [0.5, 0.6) is 0 Å². The van der Waals surface area contributed by atoms with E-state index in [0.29, 0.717) is 22.9 Å². The lowest BCUT2D eigenvalue weighted by molar-refractivity contribution is 0.457. The van der Waals surface area contributed by atoms with Crippen LogP contribution in [0.3, 0.4) is 0 Å². The maximum absolute atomic E-state index is 4.63. The molecule has 1 heterocycles. The zero-order valence-corrected chi connectivity index (χ0v) is 12.6. The summed E-state index contributed by atoms with van der Waals surface area (Å²) in [7, 11) is 0. The van der Waals surface area contributed by atoms with Gasteiger partial charge in [-0.25, -0.2) is 0 Å². The minimum Gasteiger partial charge on any atom is -0.307 e. The van der Waals surface area contributed by atoms with Gasteiger partial charge in [0.1, 0.15) is 0 Å². The molecule has 102 valence electrons. The Kier molecular flexibility index (Phi) is 3.30. The van der Waals surface area contributed by atoms with Gasteiger partial charge < -0.3 is 5.32 Å². The van der Waals surface area contributed by atoms with Gasteiger partial charge in [-0.2, -0.15) is 5.10 Å². The molecule has 1 aromatic rings. The summed E-state index contributed by atoms with van der Waals surface area (Å²) in [4.78, 5) is 0. The van der Waals surface area contributed by atoms with Gasteiger partial charge in [0.2, 0.25) is 0 Å². The Morgan fingerprint density at radius 2 is 1.94 bits per heavy atom. The van der Waals surface area contributed by atoms with E-state index >= 15 is 0 Å². The Morgan fingerprint density at radius 1 is 1.33 bits per heavy atom. The van der Waals surface area contributed by atoms with Crippen LogP contribution in [0, 0.1) is 10.8 Å².